The Labute approximate surface area is 231 Å². The van der Waals surface area contributed by atoms with Crippen LogP contribution in [0.5, 0.6) is 0 Å². The van der Waals surface area contributed by atoms with Gasteiger partial charge in [-0.25, -0.2) is 0 Å². The fraction of sp³-hybridized carbons (Fsp3) is 0. The molecule has 0 aliphatic carbocycles. The summed E-state index contributed by atoms with van der Waals surface area (Å²) in [6.45, 7) is 0. The molecule has 8 rings (SSSR count). The summed E-state index contributed by atoms with van der Waals surface area (Å²) in [6, 6.07) is 46.9. The van der Waals surface area contributed by atoms with Gasteiger partial charge in [0.05, 0.1) is 5.69 Å². The van der Waals surface area contributed by atoms with Gasteiger partial charge in [-0.1, -0.05) is 84.9 Å². The highest BCUT2D eigenvalue weighted by molar-refractivity contribution is 6.22. The Kier molecular flexibility index (Phi) is 5.14. The fourth-order valence-electron chi connectivity index (χ4n) is 5.82. The van der Waals surface area contributed by atoms with Gasteiger partial charge in [0.2, 0.25) is 0 Å². The molecule has 0 spiro atoms. The number of fused-ring (bicyclic) bond motifs is 6. The molecule has 0 fully saturated rings. The molecule has 2 aromatic heterocycles. The Bertz CT molecular complexity index is 2160. The van der Waals surface area contributed by atoms with E-state index in [1.165, 1.54) is 21.9 Å². The summed E-state index contributed by atoms with van der Waals surface area (Å²) in [5, 5.41) is 6.93. The van der Waals surface area contributed by atoms with E-state index in [0.717, 1.165) is 49.8 Å². The number of aromatic nitrogens is 1. The number of furan rings is 1. The number of rotatable bonds is 4. The van der Waals surface area contributed by atoms with Crippen LogP contribution in [-0.2, 0) is 0 Å². The van der Waals surface area contributed by atoms with Gasteiger partial charge in [-0.15, -0.1) is 0 Å². The van der Waals surface area contributed by atoms with Crippen molar-refractivity contribution in [1.29, 1.82) is 0 Å². The molecule has 2 heterocycles. The van der Waals surface area contributed by atoms with Gasteiger partial charge in [-0.2, -0.15) is 0 Å². The lowest BCUT2D eigenvalue weighted by Crippen LogP contribution is -2.10. The first-order valence-corrected chi connectivity index (χ1v) is 13.5. The first-order valence-electron chi connectivity index (χ1n) is 13.5. The second-order valence-electron chi connectivity index (χ2n) is 10.1. The molecule has 0 N–H and O–H groups in total. The fourth-order valence-corrected chi connectivity index (χ4v) is 5.82. The predicted octanol–water partition coefficient (Wildman–Crippen LogP) is 10.4. The van der Waals surface area contributed by atoms with Crippen LogP contribution in [0.15, 0.2) is 150 Å². The molecule has 0 amide bonds. The molecule has 0 atom stereocenters. The minimum atomic E-state index is 0.864. The molecule has 0 saturated carbocycles. The van der Waals surface area contributed by atoms with Crippen LogP contribution in [0.4, 0.5) is 17.1 Å². The van der Waals surface area contributed by atoms with Crippen LogP contribution in [0.2, 0.25) is 0 Å². The second kappa shape index (κ2) is 9.11. The molecule has 0 radical (unpaired) electrons. The van der Waals surface area contributed by atoms with Gasteiger partial charge in [0, 0.05) is 46.0 Å². The third-order valence-corrected chi connectivity index (χ3v) is 7.72. The second-order valence-corrected chi connectivity index (χ2v) is 10.1. The molecule has 0 unspecified atom stereocenters. The average Bonchev–Trinajstić information content (AvgIpc) is 3.41. The third-order valence-electron chi connectivity index (χ3n) is 7.72. The van der Waals surface area contributed by atoms with Crippen molar-refractivity contribution in [3.63, 3.8) is 0 Å². The van der Waals surface area contributed by atoms with Crippen LogP contribution >= 0.6 is 0 Å². The molecule has 0 aliphatic heterocycles. The Morgan fingerprint density at radius 2 is 1.23 bits per heavy atom. The van der Waals surface area contributed by atoms with E-state index in [-0.39, 0.29) is 0 Å². The van der Waals surface area contributed by atoms with Crippen LogP contribution in [0.3, 0.4) is 0 Å². The predicted molar refractivity (Wildman–Crippen MR) is 167 cm³/mol. The van der Waals surface area contributed by atoms with Crippen molar-refractivity contribution in [3.8, 4) is 11.1 Å². The summed E-state index contributed by atoms with van der Waals surface area (Å²) in [6.07, 6.45) is 3.82. The zero-order chi connectivity index (χ0) is 26.5. The van der Waals surface area contributed by atoms with Crippen molar-refractivity contribution in [2.45, 2.75) is 0 Å². The van der Waals surface area contributed by atoms with Gasteiger partial charge in [0.1, 0.15) is 11.2 Å². The van der Waals surface area contributed by atoms with E-state index in [1.807, 2.05) is 30.6 Å². The SMILES string of the molecule is c1ccc(N(c2ccc(-c3ccc4ccccc4c3)cc2)c2cc3oc4ccccc4c3c3ccncc23)cc1. The zero-order valence-electron chi connectivity index (χ0n) is 21.7. The van der Waals surface area contributed by atoms with Gasteiger partial charge in [0.15, 0.2) is 0 Å². The van der Waals surface area contributed by atoms with Crippen LogP contribution in [0.25, 0.3) is 54.6 Å². The first-order chi connectivity index (χ1) is 19.8. The normalized spacial score (nSPS) is 11.5. The van der Waals surface area contributed by atoms with Crippen LogP contribution in [-0.4, -0.2) is 4.98 Å². The molecule has 0 bridgehead atoms. The summed E-state index contributed by atoms with van der Waals surface area (Å²) in [4.78, 5) is 6.83. The molecule has 40 heavy (non-hydrogen) atoms. The molecule has 6 aromatic carbocycles. The lowest BCUT2D eigenvalue weighted by Gasteiger charge is -2.27. The maximum absolute atomic E-state index is 6.39. The van der Waals surface area contributed by atoms with Crippen LogP contribution < -0.4 is 4.90 Å². The van der Waals surface area contributed by atoms with E-state index in [1.54, 1.807) is 0 Å². The summed E-state index contributed by atoms with van der Waals surface area (Å²) in [5.74, 6) is 0. The van der Waals surface area contributed by atoms with E-state index in [4.69, 9.17) is 4.42 Å². The number of anilines is 3. The highest BCUT2D eigenvalue weighted by Crippen LogP contribution is 2.44. The van der Waals surface area contributed by atoms with Crippen molar-refractivity contribution in [3.05, 3.63) is 146 Å². The third kappa shape index (κ3) is 3.63. The van der Waals surface area contributed by atoms with Crippen LogP contribution in [0, 0.1) is 0 Å². The molecule has 3 heteroatoms. The van der Waals surface area contributed by atoms with Crippen molar-refractivity contribution >= 4 is 60.5 Å². The number of para-hydroxylation sites is 2. The largest absolute Gasteiger partial charge is 0.456 e. The highest BCUT2D eigenvalue weighted by atomic mass is 16.3. The molecule has 8 aromatic rings. The topological polar surface area (TPSA) is 29.3 Å². The number of hydrogen-bond donors (Lipinski definition) is 0. The molecular formula is C37H24N2O. The zero-order valence-corrected chi connectivity index (χ0v) is 21.7. The Morgan fingerprint density at radius 1 is 0.500 bits per heavy atom. The summed E-state index contributed by atoms with van der Waals surface area (Å²) < 4.78 is 6.39. The van der Waals surface area contributed by atoms with E-state index >= 15 is 0 Å². The Morgan fingerprint density at radius 3 is 2.10 bits per heavy atom. The number of pyridine rings is 1. The average molecular weight is 513 g/mol. The first kappa shape index (κ1) is 22.6. The van der Waals surface area contributed by atoms with Crippen molar-refractivity contribution in [2.24, 2.45) is 0 Å². The maximum atomic E-state index is 6.39. The Balaban J connectivity index is 1.32. The molecular weight excluding hydrogens is 488 g/mol. The summed E-state index contributed by atoms with van der Waals surface area (Å²) in [5.41, 5.74) is 7.30. The lowest BCUT2D eigenvalue weighted by atomic mass is 10.00. The molecule has 3 nitrogen and oxygen atoms in total. The highest BCUT2D eigenvalue weighted by Gasteiger charge is 2.20. The number of nitrogens with zero attached hydrogens (tertiary/aromatic N) is 2. The van der Waals surface area contributed by atoms with Gasteiger partial charge in [-0.05, 0) is 69.8 Å². The van der Waals surface area contributed by atoms with E-state index < -0.39 is 0 Å². The van der Waals surface area contributed by atoms with Crippen LogP contribution in [0.1, 0.15) is 0 Å². The van der Waals surface area contributed by atoms with Crippen molar-refractivity contribution < 1.29 is 4.42 Å². The monoisotopic (exact) mass is 512 g/mol. The smallest absolute Gasteiger partial charge is 0.138 e. The number of hydrogen-bond acceptors (Lipinski definition) is 3. The van der Waals surface area contributed by atoms with E-state index in [0.29, 0.717) is 0 Å². The van der Waals surface area contributed by atoms with Gasteiger partial charge in [-0.3, -0.25) is 4.98 Å². The van der Waals surface area contributed by atoms with E-state index in [9.17, 15) is 0 Å². The molecule has 0 aliphatic rings. The minimum absolute atomic E-state index is 0.864. The lowest BCUT2D eigenvalue weighted by molar-refractivity contribution is 0.669. The standard InChI is InChI=1S/C37H24N2O/c1-2-10-29(11-3-1)39(30-18-16-26(17-19-30)28-15-14-25-8-4-5-9-27(25)22-28)34-23-36-37(31-20-21-38-24-33(31)34)32-12-6-7-13-35(32)40-36/h1-24H. The van der Waals surface area contributed by atoms with Gasteiger partial charge in [0.25, 0.3) is 0 Å². The number of benzene rings is 6. The van der Waals surface area contributed by atoms with Gasteiger partial charge >= 0.3 is 0 Å². The Hall–Kier alpha value is -5.41. The van der Waals surface area contributed by atoms with Gasteiger partial charge < -0.3 is 9.32 Å². The van der Waals surface area contributed by atoms with Crippen molar-refractivity contribution in [1.82, 2.24) is 4.98 Å². The maximum Gasteiger partial charge on any atom is 0.138 e. The molecule has 188 valence electrons. The van der Waals surface area contributed by atoms with E-state index in [2.05, 4.69) is 125 Å². The quantitative estimate of drug-likeness (QED) is 0.235. The van der Waals surface area contributed by atoms with Crippen molar-refractivity contribution in [2.75, 3.05) is 4.90 Å². The summed E-state index contributed by atoms with van der Waals surface area (Å²) >= 11 is 0. The molecule has 0 saturated heterocycles. The minimum Gasteiger partial charge on any atom is -0.456 e. The summed E-state index contributed by atoms with van der Waals surface area (Å²) in [7, 11) is 0.